The molecule has 3 heteroatoms. The minimum absolute atomic E-state index is 0.402. The van der Waals surface area contributed by atoms with E-state index in [9.17, 15) is 13.6 Å². The van der Waals surface area contributed by atoms with Gasteiger partial charge in [-0.2, -0.15) is 0 Å². The van der Waals surface area contributed by atoms with Crippen molar-refractivity contribution in [2.75, 3.05) is 0 Å². The van der Waals surface area contributed by atoms with E-state index in [2.05, 4.69) is 0 Å². The second-order valence-corrected chi connectivity index (χ2v) is 5.43. The van der Waals surface area contributed by atoms with Crippen LogP contribution in [-0.4, -0.2) is 5.78 Å². The molecule has 0 unspecified atom stereocenters. The Morgan fingerprint density at radius 1 is 0.714 bits per heavy atom. The fourth-order valence-electron chi connectivity index (χ4n) is 2.68. The Bertz CT molecular complexity index is 696. The average molecular weight is 288 g/mol. The molecule has 0 bridgehead atoms. The van der Waals surface area contributed by atoms with Crippen LogP contribution in [0.5, 0.6) is 0 Å². The highest BCUT2D eigenvalue weighted by atomic mass is 19.1. The summed E-state index contributed by atoms with van der Waals surface area (Å²) in [5.74, 6) is -2.24. The maximum absolute atomic E-state index is 13.9. The van der Waals surface area contributed by atoms with E-state index in [0.717, 1.165) is 39.9 Å². The summed E-state index contributed by atoms with van der Waals surface area (Å²) in [6.45, 7) is 9.47. The fraction of sp³-hybridized carbons (Fsp3) is 0.278. The summed E-state index contributed by atoms with van der Waals surface area (Å²) in [7, 11) is 0. The molecule has 0 atom stereocenters. The Balaban J connectivity index is 2.77. The van der Waals surface area contributed by atoms with E-state index >= 15 is 0 Å². The quantitative estimate of drug-likeness (QED) is 0.730. The summed E-state index contributed by atoms with van der Waals surface area (Å²) in [5, 5.41) is 0. The highest BCUT2D eigenvalue weighted by Crippen LogP contribution is 2.29. The first-order chi connectivity index (χ1) is 9.77. The number of hydrogen-bond acceptors (Lipinski definition) is 1. The second kappa shape index (κ2) is 5.40. The average Bonchev–Trinajstić information content (AvgIpc) is 2.43. The van der Waals surface area contributed by atoms with E-state index in [1.807, 2.05) is 34.6 Å². The maximum atomic E-state index is 13.9. The van der Waals surface area contributed by atoms with Crippen LogP contribution in [0.4, 0.5) is 8.78 Å². The maximum Gasteiger partial charge on any atom is 0.199 e. The van der Waals surface area contributed by atoms with Gasteiger partial charge in [0.2, 0.25) is 0 Å². The smallest absolute Gasteiger partial charge is 0.199 e. The van der Waals surface area contributed by atoms with Crippen molar-refractivity contribution in [3.8, 4) is 0 Å². The molecule has 2 rings (SSSR count). The lowest BCUT2D eigenvalue weighted by molar-refractivity contribution is 0.103. The Kier molecular flexibility index (Phi) is 3.95. The zero-order chi connectivity index (χ0) is 15.9. The third-order valence-corrected chi connectivity index (χ3v) is 4.42. The molecule has 0 amide bonds. The van der Waals surface area contributed by atoms with Gasteiger partial charge in [-0.1, -0.05) is 6.07 Å². The number of carbonyl (C=O) groups is 1. The van der Waals surface area contributed by atoms with E-state index < -0.39 is 23.0 Å². The highest BCUT2D eigenvalue weighted by Gasteiger charge is 2.24. The summed E-state index contributed by atoms with van der Waals surface area (Å²) in [6, 6.07) is 3.47. The van der Waals surface area contributed by atoms with Crippen LogP contribution in [0.1, 0.15) is 43.7 Å². The second-order valence-electron chi connectivity index (χ2n) is 5.43. The van der Waals surface area contributed by atoms with Crippen LogP contribution in [-0.2, 0) is 0 Å². The number of halogens is 2. The number of hydrogen-bond donors (Lipinski definition) is 0. The van der Waals surface area contributed by atoms with Crippen LogP contribution in [0.25, 0.3) is 0 Å². The molecule has 2 aromatic rings. The Hall–Kier alpha value is -2.03. The number of rotatable bonds is 2. The van der Waals surface area contributed by atoms with Crippen LogP contribution < -0.4 is 0 Å². The van der Waals surface area contributed by atoms with Crippen LogP contribution in [0.2, 0.25) is 0 Å². The Labute approximate surface area is 123 Å². The van der Waals surface area contributed by atoms with Crippen LogP contribution in [0.15, 0.2) is 18.2 Å². The topological polar surface area (TPSA) is 17.1 Å². The molecule has 0 fully saturated rings. The number of ketones is 1. The highest BCUT2D eigenvalue weighted by molar-refractivity contribution is 6.11. The summed E-state index contributed by atoms with van der Waals surface area (Å²) >= 11 is 0. The van der Waals surface area contributed by atoms with Gasteiger partial charge < -0.3 is 0 Å². The predicted octanol–water partition coefficient (Wildman–Crippen LogP) is 4.74. The molecule has 0 spiro atoms. The first-order valence-electron chi connectivity index (χ1n) is 6.83. The van der Waals surface area contributed by atoms with Gasteiger partial charge in [0.1, 0.15) is 11.6 Å². The summed E-state index contributed by atoms with van der Waals surface area (Å²) < 4.78 is 27.7. The minimum Gasteiger partial charge on any atom is -0.288 e. The monoisotopic (exact) mass is 288 g/mol. The molecule has 0 aliphatic heterocycles. The van der Waals surface area contributed by atoms with Gasteiger partial charge in [0.25, 0.3) is 0 Å². The van der Waals surface area contributed by atoms with Gasteiger partial charge >= 0.3 is 0 Å². The van der Waals surface area contributed by atoms with Crippen molar-refractivity contribution in [3.63, 3.8) is 0 Å². The van der Waals surface area contributed by atoms with Crippen molar-refractivity contribution < 1.29 is 13.6 Å². The summed E-state index contributed by atoms with van der Waals surface area (Å²) in [6.07, 6.45) is 0. The normalized spacial score (nSPS) is 10.8. The van der Waals surface area contributed by atoms with Crippen molar-refractivity contribution in [3.05, 3.63) is 68.8 Å². The van der Waals surface area contributed by atoms with Gasteiger partial charge in [-0.3, -0.25) is 4.79 Å². The van der Waals surface area contributed by atoms with Crippen LogP contribution in [0.3, 0.4) is 0 Å². The third kappa shape index (κ3) is 2.37. The molecule has 0 aliphatic rings. The largest absolute Gasteiger partial charge is 0.288 e. The third-order valence-electron chi connectivity index (χ3n) is 4.42. The molecule has 2 aromatic carbocycles. The van der Waals surface area contributed by atoms with Gasteiger partial charge in [-0.15, -0.1) is 0 Å². The Morgan fingerprint density at radius 2 is 1.10 bits per heavy atom. The lowest BCUT2D eigenvalue weighted by Gasteiger charge is -2.18. The standard InChI is InChI=1S/C18H18F2O/c1-9-10(2)12(4)16(13(5)11(9)3)18(21)17-14(19)7-6-8-15(17)20/h6-8H,1-5H3. The van der Waals surface area contributed by atoms with E-state index in [1.165, 1.54) is 6.07 Å². The summed E-state index contributed by atoms with van der Waals surface area (Å²) in [4.78, 5) is 12.7. The van der Waals surface area contributed by atoms with Crippen LogP contribution in [0, 0.1) is 46.3 Å². The molecule has 0 aromatic heterocycles. The molecule has 110 valence electrons. The van der Waals surface area contributed by atoms with Crippen LogP contribution >= 0.6 is 0 Å². The van der Waals surface area contributed by atoms with Gasteiger partial charge in [-0.05, 0) is 74.6 Å². The molecule has 1 nitrogen and oxygen atoms in total. The van der Waals surface area contributed by atoms with Gasteiger partial charge in [0, 0.05) is 5.56 Å². The molecular formula is C18H18F2O. The van der Waals surface area contributed by atoms with Gasteiger partial charge in [-0.25, -0.2) is 8.78 Å². The van der Waals surface area contributed by atoms with Crippen molar-refractivity contribution in [1.29, 1.82) is 0 Å². The lowest BCUT2D eigenvalue weighted by Crippen LogP contribution is -2.13. The fourth-order valence-corrected chi connectivity index (χ4v) is 2.68. The van der Waals surface area contributed by atoms with Crippen molar-refractivity contribution in [2.45, 2.75) is 34.6 Å². The number of benzene rings is 2. The molecule has 0 aliphatic carbocycles. The minimum atomic E-state index is -0.824. The summed E-state index contributed by atoms with van der Waals surface area (Å²) in [5.41, 5.74) is 4.56. The Morgan fingerprint density at radius 3 is 1.52 bits per heavy atom. The molecule has 0 N–H and O–H groups in total. The molecule has 0 heterocycles. The van der Waals surface area contributed by atoms with Crippen molar-refractivity contribution in [1.82, 2.24) is 0 Å². The van der Waals surface area contributed by atoms with Gasteiger partial charge in [0.15, 0.2) is 5.78 Å². The zero-order valence-corrected chi connectivity index (χ0v) is 12.9. The molecule has 0 radical (unpaired) electrons. The molecule has 0 saturated carbocycles. The van der Waals surface area contributed by atoms with Crippen molar-refractivity contribution >= 4 is 5.78 Å². The first kappa shape index (κ1) is 15.4. The molecule has 21 heavy (non-hydrogen) atoms. The zero-order valence-electron chi connectivity index (χ0n) is 12.9. The van der Waals surface area contributed by atoms with E-state index in [-0.39, 0.29) is 0 Å². The van der Waals surface area contributed by atoms with E-state index in [1.54, 1.807) is 0 Å². The lowest BCUT2D eigenvalue weighted by atomic mass is 9.86. The predicted molar refractivity (Wildman–Crippen MR) is 79.9 cm³/mol. The van der Waals surface area contributed by atoms with Gasteiger partial charge in [0.05, 0.1) is 5.56 Å². The molecular weight excluding hydrogens is 270 g/mol. The van der Waals surface area contributed by atoms with E-state index in [4.69, 9.17) is 0 Å². The van der Waals surface area contributed by atoms with Crippen molar-refractivity contribution in [2.24, 2.45) is 0 Å². The molecule has 0 saturated heterocycles. The SMILES string of the molecule is Cc1c(C)c(C)c(C(=O)c2c(F)cccc2F)c(C)c1C. The first-order valence-corrected chi connectivity index (χ1v) is 6.83. The van der Waals surface area contributed by atoms with E-state index in [0.29, 0.717) is 5.56 Å². The number of carbonyl (C=O) groups excluding carboxylic acids is 1.